The number of thiazole rings is 1. The Morgan fingerprint density at radius 3 is 2.84 bits per heavy atom. The van der Waals surface area contributed by atoms with Crippen molar-refractivity contribution in [1.29, 1.82) is 0 Å². The number of likely N-dealkylation sites (tertiary alicyclic amines) is 1. The minimum absolute atomic E-state index is 0.0778. The summed E-state index contributed by atoms with van der Waals surface area (Å²) in [5.41, 5.74) is 1.28. The second-order valence-electron chi connectivity index (χ2n) is 7.32. The molecule has 31 heavy (non-hydrogen) atoms. The van der Waals surface area contributed by atoms with Crippen LogP contribution in [-0.4, -0.2) is 51.3 Å². The van der Waals surface area contributed by atoms with E-state index in [4.69, 9.17) is 11.6 Å². The molecule has 0 bridgehead atoms. The maximum Gasteiger partial charge on any atom is 0.270 e. The zero-order chi connectivity index (χ0) is 21.8. The minimum Gasteiger partial charge on any atom is -0.350 e. The lowest BCUT2D eigenvalue weighted by molar-refractivity contribution is 0.0708. The van der Waals surface area contributed by atoms with Crippen LogP contribution in [0.3, 0.4) is 0 Å². The average molecular weight is 462 g/mol. The van der Waals surface area contributed by atoms with Crippen molar-refractivity contribution in [3.05, 3.63) is 68.9 Å². The molecule has 0 aliphatic carbocycles. The number of benzene rings is 1. The lowest BCUT2D eigenvalue weighted by atomic mass is 9.97. The van der Waals surface area contributed by atoms with E-state index in [1.807, 2.05) is 0 Å². The van der Waals surface area contributed by atoms with Crippen LogP contribution in [0.5, 0.6) is 0 Å². The molecule has 0 radical (unpaired) electrons. The van der Waals surface area contributed by atoms with Gasteiger partial charge in [0.05, 0.1) is 21.9 Å². The summed E-state index contributed by atoms with van der Waals surface area (Å²) in [6, 6.07) is 4.24. The number of carbonyl (C=O) groups is 2. The summed E-state index contributed by atoms with van der Waals surface area (Å²) in [7, 11) is 0. The molecule has 4 rings (SSSR count). The number of H-pyrrole nitrogens is 1. The first kappa shape index (κ1) is 21.5. The fourth-order valence-electron chi connectivity index (χ4n) is 3.59. The first-order valence-electron chi connectivity index (χ1n) is 9.97. The van der Waals surface area contributed by atoms with E-state index in [-0.39, 0.29) is 22.4 Å². The second-order valence-corrected chi connectivity index (χ2v) is 8.61. The molecule has 7 nitrogen and oxygen atoms in total. The molecule has 2 aromatic heterocycles. The Morgan fingerprint density at radius 1 is 1.32 bits per heavy atom. The van der Waals surface area contributed by atoms with Gasteiger partial charge in [0, 0.05) is 49.2 Å². The molecule has 1 fully saturated rings. The molecule has 2 N–H and O–H groups in total. The van der Waals surface area contributed by atoms with Gasteiger partial charge in [-0.3, -0.25) is 9.59 Å². The number of hydrogen-bond acceptors (Lipinski definition) is 5. The topological polar surface area (TPSA) is 91.0 Å². The maximum absolute atomic E-state index is 14.1. The molecule has 0 spiro atoms. The van der Waals surface area contributed by atoms with Gasteiger partial charge in [-0.2, -0.15) is 0 Å². The van der Waals surface area contributed by atoms with Crippen molar-refractivity contribution in [2.24, 2.45) is 0 Å². The second kappa shape index (κ2) is 9.57. The van der Waals surface area contributed by atoms with Gasteiger partial charge in [-0.15, -0.1) is 11.3 Å². The fourth-order valence-corrected chi connectivity index (χ4v) is 4.81. The fraction of sp³-hybridized carbons (Fsp3) is 0.333. The number of rotatable bonds is 6. The number of aromatic amines is 1. The highest BCUT2D eigenvalue weighted by molar-refractivity contribution is 7.09. The molecule has 162 valence electrons. The van der Waals surface area contributed by atoms with E-state index in [1.165, 1.54) is 29.5 Å². The Labute approximate surface area is 187 Å². The lowest BCUT2D eigenvalue weighted by Crippen LogP contribution is -2.38. The largest absolute Gasteiger partial charge is 0.350 e. The van der Waals surface area contributed by atoms with Crippen LogP contribution in [0.15, 0.2) is 36.1 Å². The van der Waals surface area contributed by atoms with Crippen LogP contribution in [0.1, 0.15) is 50.3 Å². The van der Waals surface area contributed by atoms with Crippen molar-refractivity contribution in [3.8, 4) is 0 Å². The number of nitrogens with zero attached hydrogens (tertiary/aromatic N) is 3. The van der Waals surface area contributed by atoms with Crippen molar-refractivity contribution in [2.75, 3.05) is 19.6 Å². The Morgan fingerprint density at radius 2 is 2.13 bits per heavy atom. The van der Waals surface area contributed by atoms with Crippen LogP contribution in [0, 0.1) is 5.82 Å². The highest BCUT2D eigenvalue weighted by atomic mass is 35.5. The third-order valence-corrected chi connectivity index (χ3v) is 6.62. The number of nitrogens with one attached hydrogen (secondary N) is 2. The molecule has 1 saturated heterocycles. The van der Waals surface area contributed by atoms with Gasteiger partial charge in [-0.25, -0.2) is 14.4 Å². The van der Waals surface area contributed by atoms with Crippen molar-refractivity contribution in [2.45, 2.75) is 25.2 Å². The van der Waals surface area contributed by atoms with E-state index in [9.17, 15) is 14.0 Å². The summed E-state index contributed by atoms with van der Waals surface area (Å²) in [5, 5.41) is 5.63. The smallest absolute Gasteiger partial charge is 0.270 e. The van der Waals surface area contributed by atoms with E-state index >= 15 is 0 Å². The average Bonchev–Trinajstić information content (AvgIpc) is 3.46. The summed E-state index contributed by atoms with van der Waals surface area (Å²) in [6.07, 6.45) is 5.40. The molecule has 0 atom stereocenters. The summed E-state index contributed by atoms with van der Waals surface area (Å²) >= 11 is 7.48. The van der Waals surface area contributed by atoms with Gasteiger partial charge in [0.25, 0.3) is 11.8 Å². The van der Waals surface area contributed by atoms with Crippen molar-refractivity contribution >= 4 is 34.8 Å². The zero-order valence-corrected chi connectivity index (χ0v) is 18.2. The Hall–Kier alpha value is -2.78. The van der Waals surface area contributed by atoms with E-state index in [0.29, 0.717) is 44.6 Å². The third-order valence-electron chi connectivity index (χ3n) is 5.30. The lowest BCUT2D eigenvalue weighted by Gasteiger charge is -2.31. The van der Waals surface area contributed by atoms with Crippen LogP contribution < -0.4 is 5.32 Å². The monoisotopic (exact) mass is 461 g/mol. The summed E-state index contributed by atoms with van der Waals surface area (Å²) in [6.45, 7) is 1.46. The Balaban J connectivity index is 1.30. The van der Waals surface area contributed by atoms with Crippen LogP contribution >= 0.6 is 22.9 Å². The summed E-state index contributed by atoms with van der Waals surface area (Å²) < 4.78 is 14.1. The molecule has 1 aliphatic rings. The molecule has 0 saturated carbocycles. The first-order valence-corrected chi connectivity index (χ1v) is 11.2. The first-order chi connectivity index (χ1) is 15.0. The molecular formula is C21H21ClFN5O2S. The molecule has 3 aromatic rings. The minimum atomic E-state index is -0.609. The van der Waals surface area contributed by atoms with Crippen molar-refractivity contribution in [1.82, 2.24) is 25.2 Å². The van der Waals surface area contributed by atoms with E-state index in [2.05, 4.69) is 20.3 Å². The third kappa shape index (κ3) is 4.94. The molecule has 2 amide bonds. The molecule has 1 aliphatic heterocycles. The molecule has 1 aromatic carbocycles. The zero-order valence-electron chi connectivity index (χ0n) is 16.6. The Kier molecular flexibility index (Phi) is 6.62. The Bertz CT molecular complexity index is 1040. The van der Waals surface area contributed by atoms with Crippen molar-refractivity contribution in [3.63, 3.8) is 0 Å². The number of amides is 2. The predicted molar refractivity (Wildman–Crippen MR) is 116 cm³/mol. The van der Waals surface area contributed by atoms with Gasteiger partial charge >= 0.3 is 0 Å². The van der Waals surface area contributed by atoms with Gasteiger partial charge in [-0.05, 0) is 25.0 Å². The number of halogens is 2. The quantitative estimate of drug-likeness (QED) is 0.586. The van der Waals surface area contributed by atoms with Gasteiger partial charge in [0.15, 0.2) is 0 Å². The van der Waals surface area contributed by atoms with Crippen molar-refractivity contribution < 1.29 is 14.0 Å². The highest BCUT2D eigenvalue weighted by Gasteiger charge is 2.29. The van der Waals surface area contributed by atoms with E-state index < -0.39 is 11.7 Å². The van der Waals surface area contributed by atoms with Gasteiger partial charge < -0.3 is 15.2 Å². The highest BCUT2D eigenvalue weighted by Crippen LogP contribution is 2.31. The molecule has 10 heteroatoms. The predicted octanol–water partition coefficient (Wildman–Crippen LogP) is 3.65. The van der Waals surface area contributed by atoms with Gasteiger partial charge in [0.1, 0.15) is 11.5 Å². The SMILES string of the molecule is O=C(NCCc1cnc[nH]1)c1csc(C2CCN(C(=O)c3c(F)cccc3Cl)CC2)n1. The normalized spacial score (nSPS) is 14.6. The number of hydrogen-bond donors (Lipinski definition) is 2. The molecular weight excluding hydrogens is 441 g/mol. The summed E-state index contributed by atoms with van der Waals surface area (Å²) in [5.74, 6) is -1.04. The number of aromatic nitrogens is 3. The number of piperidine rings is 1. The number of carbonyl (C=O) groups excluding carboxylic acids is 2. The van der Waals surface area contributed by atoms with E-state index in [0.717, 1.165) is 10.7 Å². The van der Waals surface area contributed by atoms with Crippen LogP contribution in [0.2, 0.25) is 5.02 Å². The summed E-state index contributed by atoms with van der Waals surface area (Å²) in [4.78, 5) is 38.1. The van der Waals surface area contributed by atoms with Gasteiger partial charge in [-0.1, -0.05) is 17.7 Å². The maximum atomic E-state index is 14.1. The van der Waals surface area contributed by atoms with Crippen LogP contribution in [-0.2, 0) is 6.42 Å². The molecule has 3 heterocycles. The van der Waals surface area contributed by atoms with Gasteiger partial charge in [0.2, 0.25) is 0 Å². The van der Waals surface area contributed by atoms with Crippen LogP contribution in [0.25, 0.3) is 0 Å². The number of imidazole rings is 1. The van der Waals surface area contributed by atoms with E-state index in [1.54, 1.807) is 22.8 Å². The standard InChI is InChI=1S/C21H21ClFN5O2S/c22-15-2-1-3-16(23)18(15)21(30)28-8-5-13(6-9-28)20-27-17(11-31-20)19(29)25-7-4-14-10-24-12-26-14/h1-3,10-13H,4-9H2,(H,24,26)(H,25,29). The molecule has 0 unspecified atom stereocenters. The van der Waals surface area contributed by atoms with Crippen LogP contribution in [0.4, 0.5) is 4.39 Å².